The van der Waals surface area contributed by atoms with Gasteiger partial charge in [-0.25, -0.2) is 13.4 Å². The topological polar surface area (TPSA) is 92.2 Å². The second-order valence-electron chi connectivity index (χ2n) is 4.40. The fraction of sp³-hybridized carbons (Fsp3) is 0.636. The lowest BCUT2D eigenvalue weighted by Crippen LogP contribution is -2.10. The number of anilines is 1. The number of aliphatic hydroxyl groups excluding tert-OH is 1. The second kappa shape index (κ2) is 6.02. The van der Waals surface area contributed by atoms with Crippen LogP contribution in [0.25, 0.3) is 0 Å². The molecular formula is C11H16ClN3O3S. The third kappa shape index (κ3) is 3.34. The summed E-state index contributed by atoms with van der Waals surface area (Å²) in [6.07, 6.45) is 2.83. The number of sulfone groups is 1. The molecule has 0 bridgehead atoms. The molecule has 0 radical (unpaired) electrons. The molecule has 1 aromatic heterocycles. The molecule has 1 aliphatic heterocycles. The first-order valence-corrected chi connectivity index (χ1v) is 8.21. The maximum atomic E-state index is 11.9. The van der Waals surface area contributed by atoms with Crippen molar-refractivity contribution in [3.63, 3.8) is 0 Å². The number of hydrogen-bond acceptors (Lipinski definition) is 6. The van der Waals surface area contributed by atoms with Crippen molar-refractivity contribution in [1.82, 2.24) is 9.97 Å². The average molecular weight is 306 g/mol. The number of nitrogens with one attached hydrogen (secondary N) is 1. The minimum absolute atomic E-state index is 0.0636. The highest BCUT2D eigenvalue weighted by Gasteiger charge is 2.32. The van der Waals surface area contributed by atoms with Gasteiger partial charge in [0, 0.05) is 19.6 Å². The summed E-state index contributed by atoms with van der Waals surface area (Å²) in [5.41, 5.74) is 0.498. The number of aryl methyl sites for hydroxylation is 1. The normalized spacial score (nSPS) is 16.3. The van der Waals surface area contributed by atoms with Crippen molar-refractivity contribution in [2.45, 2.75) is 30.6 Å². The minimum Gasteiger partial charge on any atom is -0.396 e. The molecule has 19 heavy (non-hydrogen) atoms. The monoisotopic (exact) mass is 305 g/mol. The minimum atomic E-state index is -3.29. The van der Waals surface area contributed by atoms with Gasteiger partial charge in [-0.3, -0.25) is 0 Å². The van der Waals surface area contributed by atoms with Crippen molar-refractivity contribution < 1.29 is 13.5 Å². The van der Waals surface area contributed by atoms with E-state index >= 15 is 0 Å². The van der Waals surface area contributed by atoms with Crippen LogP contribution in [-0.4, -0.2) is 42.4 Å². The van der Waals surface area contributed by atoms with Crippen molar-refractivity contribution in [1.29, 1.82) is 0 Å². The van der Waals surface area contributed by atoms with E-state index in [4.69, 9.17) is 16.7 Å². The summed E-state index contributed by atoms with van der Waals surface area (Å²) >= 11 is 5.79. The number of rotatable bonds is 6. The van der Waals surface area contributed by atoms with Gasteiger partial charge in [-0.05, 0) is 30.9 Å². The molecule has 0 amide bonds. The molecule has 0 spiro atoms. The SMILES string of the molecule is O=S1(=O)CCc2nc(Cl)nc(NCCCCCO)c21. The van der Waals surface area contributed by atoms with Gasteiger partial charge in [0.1, 0.15) is 10.7 Å². The zero-order chi connectivity index (χ0) is 13.9. The number of hydrogen-bond donors (Lipinski definition) is 2. The third-order valence-electron chi connectivity index (χ3n) is 2.95. The predicted molar refractivity (Wildman–Crippen MR) is 72.2 cm³/mol. The lowest BCUT2D eigenvalue weighted by atomic mass is 10.2. The molecule has 0 aromatic carbocycles. The Morgan fingerprint density at radius 2 is 2.05 bits per heavy atom. The van der Waals surface area contributed by atoms with Crippen LogP contribution in [0.3, 0.4) is 0 Å². The van der Waals surface area contributed by atoms with Crippen LogP contribution in [-0.2, 0) is 16.3 Å². The van der Waals surface area contributed by atoms with Gasteiger partial charge in [0.15, 0.2) is 9.84 Å². The van der Waals surface area contributed by atoms with Crippen LogP contribution >= 0.6 is 11.6 Å². The maximum absolute atomic E-state index is 11.9. The Balaban J connectivity index is 2.13. The smallest absolute Gasteiger partial charge is 0.224 e. The molecule has 0 aliphatic carbocycles. The highest BCUT2D eigenvalue weighted by atomic mass is 35.5. The molecular weight excluding hydrogens is 290 g/mol. The molecule has 0 saturated heterocycles. The van der Waals surface area contributed by atoms with E-state index in [-0.39, 0.29) is 22.5 Å². The van der Waals surface area contributed by atoms with Crippen LogP contribution in [0.2, 0.25) is 5.28 Å². The highest BCUT2D eigenvalue weighted by molar-refractivity contribution is 7.91. The molecule has 0 saturated carbocycles. The molecule has 8 heteroatoms. The summed E-state index contributed by atoms with van der Waals surface area (Å²) in [7, 11) is -3.29. The Bertz CT molecular complexity index is 563. The average Bonchev–Trinajstić information content (AvgIpc) is 2.64. The fourth-order valence-electron chi connectivity index (χ4n) is 2.04. The summed E-state index contributed by atoms with van der Waals surface area (Å²) in [5.74, 6) is 0.368. The Hall–Kier alpha value is -0.920. The Morgan fingerprint density at radius 1 is 1.26 bits per heavy atom. The van der Waals surface area contributed by atoms with Gasteiger partial charge in [-0.15, -0.1) is 0 Å². The zero-order valence-electron chi connectivity index (χ0n) is 10.4. The molecule has 1 aromatic rings. The molecule has 0 atom stereocenters. The number of aliphatic hydroxyl groups is 1. The van der Waals surface area contributed by atoms with Crippen molar-refractivity contribution in [2.24, 2.45) is 0 Å². The van der Waals surface area contributed by atoms with E-state index in [0.29, 0.717) is 24.5 Å². The summed E-state index contributed by atoms with van der Waals surface area (Å²) in [6.45, 7) is 0.762. The molecule has 2 N–H and O–H groups in total. The fourth-order valence-corrected chi connectivity index (χ4v) is 3.81. The molecule has 106 valence electrons. The Labute approximate surface area is 117 Å². The Kier molecular flexibility index (Phi) is 4.59. The number of nitrogens with zero attached hydrogens (tertiary/aromatic N) is 2. The summed E-state index contributed by atoms with van der Waals surface area (Å²) < 4.78 is 23.8. The number of halogens is 1. The van der Waals surface area contributed by atoms with Gasteiger partial charge in [0.2, 0.25) is 5.28 Å². The second-order valence-corrected chi connectivity index (χ2v) is 6.78. The van der Waals surface area contributed by atoms with Gasteiger partial charge in [-0.1, -0.05) is 0 Å². The van der Waals surface area contributed by atoms with Gasteiger partial charge in [0.05, 0.1) is 11.4 Å². The number of fused-ring (bicyclic) bond motifs is 1. The summed E-state index contributed by atoms with van der Waals surface area (Å²) in [4.78, 5) is 8.14. The highest BCUT2D eigenvalue weighted by Crippen LogP contribution is 2.31. The van der Waals surface area contributed by atoms with Crippen LogP contribution in [0, 0.1) is 0 Å². The third-order valence-corrected chi connectivity index (χ3v) is 4.92. The van der Waals surface area contributed by atoms with E-state index in [1.807, 2.05) is 0 Å². The molecule has 2 rings (SSSR count). The lowest BCUT2D eigenvalue weighted by Gasteiger charge is -2.09. The molecule has 0 unspecified atom stereocenters. The van der Waals surface area contributed by atoms with Gasteiger partial charge < -0.3 is 10.4 Å². The quantitative estimate of drug-likeness (QED) is 0.602. The van der Waals surface area contributed by atoms with Gasteiger partial charge >= 0.3 is 0 Å². The van der Waals surface area contributed by atoms with Gasteiger partial charge in [0.25, 0.3) is 0 Å². The summed E-state index contributed by atoms with van der Waals surface area (Å²) in [5, 5.41) is 11.7. The number of unbranched alkanes of at least 4 members (excludes halogenated alkanes) is 2. The van der Waals surface area contributed by atoms with Crippen LogP contribution < -0.4 is 5.32 Å². The van der Waals surface area contributed by atoms with Crippen LogP contribution in [0.1, 0.15) is 25.0 Å². The van der Waals surface area contributed by atoms with Crippen LogP contribution in [0.4, 0.5) is 5.82 Å². The predicted octanol–water partition coefficient (Wildman–Crippen LogP) is 1.03. The largest absolute Gasteiger partial charge is 0.396 e. The van der Waals surface area contributed by atoms with Crippen molar-refractivity contribution in [2.75, 3.05) is 24.2 Å². The van der Waals surface area contributed by atoms with E-state index in [9.17, 15) is 8.42 Å². The van der Waals surface area contributed by atoms with Gasteiger partial charge in [-0.2, -0.15) is 4.98 Å². The van der Waals surface area contributed by atoms with E-state index in [1.54, 1.807) is 0 Å². The van der Waals surface area contributed by atoms with Crippen molar-refractivity contribution >= 4 is 27.3 Å². The molecule has 6 nitrogen and oxygen atoms in total. The number of aromatic nitrogens is 2. The first kappa shape index (κ1) is 14.5. The molecule has 2 heterocycles. The standard InChI is InChI=1S/C11H16ClN3O3S/c12-11-14-8-4-7-19(17,18)9(8)10(15-11)13-5-2-1-3-6-16/h16H,1-7H2,(H,13,14,15). The zero-order valence-corrected chi connectivity index (χ0v) is 12.0. The molecule has 0 fully saturated rings. The molecule has 1 aliphatic rings. The first-order valence-electron chi connectivity index (χ1n) is 6.18. The van der Waals surface area contributed by atoms with Crippen molar-refractivity contribution in [3.05, 3.63) is 11.0 Å². The summed E-state index contributed by atoms with van der Waals surface area (Å²) in [6, 6.07) is 0. The lowest BCUT2D eigenvalue weighted by molar-refractivity contribution is 0.283. The van der Waals surface area contributed by atoms with Crippen molar-refractivity contribution in [3.8, 4) is 0 Å². The van der Waals surface area contributed by atoms with Crippen LogP contribution in [0.5, 0.6) is 0 Å². The van der Waals surface area contributed by atoms with E-state index in [1.165, 1.54) is 0 Å². The van der Waals surface area contributed by atoms with E-state index < -0.39 is 9.84 Å². The van der Waals surface area contributed by atoms with E-state index in [0.717, 1.165) is 19.3 Å². The Morgan fingerprint density at radius 3 is 2.79 bits per heavy atom. The first-order chi connectivity index (χ1) is 9.04. The van der Waals surface area contributed by atoms with Crippen LogP contribution in [0.15, 0.2) is 4.90 Å². The van der Waals surface area contributed by atoms with E-state index in [2.05, 4.69) is 15.3 Å². The maximum Gasteiger partial charge on any atom is 0.224 e.